The van der Waals surface area contributed by atoms with Crippen molar-refractivity contribution in [3.8, 4) is 6.07 Å². The number of nitriles is 1. The number of hydrogen-bond acceptors (Lipinski definition) is 2. The van der Waals surface area contributed by atoms with Gasteiger partial charge in [0.1, 0.15) is 5.76 Å². The minimum absolute atomic E-state index is 0.0150. The lowest BCUT2D eigenvalue weighted by molar-refractivity contribution is 0.204. The van der Waals surface area contributed by atoms with E-state index in [1.807, 2.05) is 18.2 Å². The zero-order valence-electron chi connectivity index (χ0n) is 7.73. The second-order valence-electron chi connectivity index (χ2n) is 3.76. The Hall–Kier alpha value is -1.23. The molecule has 1 fully saturated rings. The molecule has 0 spiro atoms. The van der Waals surface area contributed by atoms with E-state index in [0.717, 1.165) is 18.6 Å². The minimum atomic E-state index is -0.0150. The summed E-state index contributed by atoms with van der Waals surface area (Å²) in [6.45, 7) is 2.05. The summed E-state index contributed by atoms with van der Waals surface area (Å²) >= 11 is 0. The predicted molar refractivity (Wildman–Crippen MR) is 49.6 cm³/mol. The van der Waals surface area contributed by atoms with Gasteiger partial charge in [-0.15, -0.1) is 0 Å². The molecule has 0 radical (unpaired) electrons. The molecule has 0 saturated heterocycles. The monoisotopic (exact) mass is 175 g/mol. The van der Waals surface area contributed by atoms with E-state index in [-0.39, 0.29) is 5.92 Å². The maximum absolute atomic E-state index is 8.84. The highest BCUT2D eigenvalue weighted by Gasteiger charge is 2.25. The van der Waals surface area contributed by atoms with Crippen LogP contribution in [0.25, 0.3) is 0 Å². The highest BCUT2D eigenvalue weighted by atomic mass is 16.5. The first-order valence-electron chi connectivity index (χ1n) is 4.76. The lowest BCUT2D eigenvalue weighted by Gasteiger charge is -2.17. The smallest absolute Gasteiger partial charge is 0.116 e. The number of allylic oxidation sites excluding steroid dienone is 3. The molecule has 0 aromatic carbocycles. The lowest BCUT2D eigenvalue weighted by Crippen LogP contribution is -2.10. The lowest BCUT2D eigenvalue weighted by atomic mass is 9.91. The molecule has 2 aliphatic rings. The maximum Gasteiger partial charge on any atom is 0.116 e. The summed E-state index contributed by atoms with van der Waals surface area (Å²) in [6.07, 6.45) is 8.71. The van der Waals surface area contributed by atoms with Crippen molar-refractivity contribution < 1.29 is 4.74 Å². The van der Waals surface area contributed by atoms with Gasteiger partial charge in [0.25, 0.3) is 0 Å². The van der Waals surface area contributed by atoms with Gasteiger partial charge in [-0.25, -0.2) is 0 Å². The molecule has 0 aromatic heterocycles. The van der Waals surface area contributed by atoms with Crippen LogP contribution in [-0.2, 0) is 4.74 Å². The van der Waals surface area contributed by atoms with Crippen LogP contribution in [0.2, 0.25) is 0 Å². The Kier molecular flexibility index (Phi) is 2.10. The van der Waals surface area contributed by atoms with E-state index in [0.29, 0.717) is 12.0 Å². The predicted octanol–water partition coefficient (Wildman–Crippen LogP) is 2.39. The fraction of sp³-hybridized carbons (Fsp3) is 0.545. The van der Waals surface area contributed by atoms with E-state index < -0.39 is 0 Å². The molecule has 0 N–H and O–H groups in total. The average Bonchev–Trinajstić information content (AvgIpc) is 2.92. The van der Waals surface area contributed by atoms with Gasteiger partial charge in [0.15, 0.2) is 0 Å². The molecular formula is C11H13NO. The van der Waals surface area contributed by atoms with Crippen molar-refractivity contribution in [2.45, 2.75) is 25.9 Å². The first-order valence-corrected chi connectivity index (χ1v) is 4.76. The van der Waals surface area contributed by atoms with Crippen LogP contribution in [-0.4, -0.2) is 6.10 Å². The van der Waals surface area contributed by atoms with Crippen LogP contribution in [0.5, 0.6) is 0 Å². The van der Waals surface area contributed by atoms with Crippen LogP contribution in [0, 0.1) is 23.2 Å². The Morgan fingerprint density at radius 3 is 2.92 bits per heavy atom. The maximum atomic E-state index is 8.84. The van der Waals surface area contributed by atoms with Gasteiger partial charge in [-0.2, -0.15) is 5.26 Å². The van der Waals surface area contributed by atoms with E-state index in [1.54, 1.807) is 0 Å². The van der Waals surface area contributed by atoms with Crippen LogP contribution in [0.3, 0.4) is 0 Å². The molecule has 0 aromatic rings. The van der Waals surface area contributed by atoms with Crippen LogP contribution in [0.15, 0.2) is 24.0 Å². The van der Waals surface area contributed by atoms with E-state index >= 15 is 0 Å². The molecule has 0 amide bonds. The molecule has 0 heterocycles. The summed E-state index contributed by atoms with van der Waals surface area (Å²) in [5, 5.41) is 8.84. The molecule has 2 unspecified atom stereocenters. The van der Waals surface area contributed by atoms with Gasteiger partial charge in [0.05, 0.1) is 18.1 Å². The van der Waals surface area contributed by atoms with Crippen molar-refractivity contribution in [1.82, 2.24) is 0 Å². The Morgan fingerprint density at radius 2 is 2.31 bits per heavy atom. The van der Waals surface area contributed by atoms with Gasteiger partial charge >= 0.3 is 0 Å². The third-order valence-corrected chi connectivity index (χ3v) is 2.45. The van der Waals surface area contributed by atoms with Crippen LogP contribution >= 0.6 is 0 Å². The summed E-state index contributed by atoms with van der Waals surface area (Å²) < 4.78 is 5.61. The van der Waals surface area contributed by atoms with Crippen LogP contribution in [0.4, 0.5) is 0 Å². The number of ether oxygens (including phenoxy) is 1. The molecule has 0 bridgehead atoms. The molecule has 2 nitrogen and oxygen atoms in total. The molecule has 13 heavy (non-hydrogen) atoms. The topological polar surface area (TPSA) is 33.0 Å². The molecular weight excluding hydrogens is 162 g/mol. The second-order valence-corrected chi connectivity index (χ2v) is 3.76. The Morgan fingerprint density at radius 1 is 1.54 bits per heavy atom. The largest absolute Gasteiger partial charge is 0.491 e. The standard InChI is InChI=1S/C11H13NO/c1-8-2-3-11(6-9(8)7-12)13-10-4-5-10/h2-3,6,8-10H,4-5H2,1H3. The quantitative estimate of drug-likeness (QED) is 0.645. The Bertz CT molecular complexity index is 294. The summed E-state index contributed by atoms with van der Waals surface area (Å²) in [4.78, 5) is 0. The summed E-state index contributed by atoms with van der Waals surface area (Å²) in [6, 6.07) is 2.27. The first kappa shape index (κ1) is 8.37. The normalized spacial score (nSPS) is 32.2. The fourth-order valence-electron chi connectivity index (χ4n) is 1.36. The Labute approximate surface area is 78.5 Å². The molecule has 2 aliphatic carbocycles. The zero-order chi connectivity index (χ0) is 9.26. The Balaban J connectivity index is 2.03. The van der Waals surface area contributed by atoms with Crippen molar-refractivity contribution in [2.24, 2.45) is 11.8 Å². The molecule has 1 saturated carbocycles. The van der Waals surface area contributed by atoms with Crippen molar-refractivity contribution in [3.63, 3.8) is 0 Å². The van der Waals surface area contributed by atoms with Gasteiger partial charge in [0, 0.05) is 0 Å². The molecule has 0 aliphatic heterocycles. The number of rotatable bonds is 2. The van der Waals surface area contributed by atoms with Crippen molar-refractivity contribution in [2.75, 3.05) is 0 Å². The van der Waals surface area contributed by atoms with Gasteiger partial charge in [-0.05, 0) is 30.9 Å². The SMILES string of the molecule is CC1C=CC(OC2CC2)=CC1C#N. The van der Waals surface area contributed by atoms with E-state index in [4.69, 9.17) is 10.00 Å². The summed E-state index contributed by atoms with van der Waals surface area (Å²) in [5.74, 6) is 1.18. The zero-order valence-corrected chi connectivity index (χ0v) is 7.73. The van der Waals surface area contributed by atoms with Crippen molar-refractivity contribution in [3.05, 3.63) is 24.0 Å². The molecule has 2 rings (SSSR count). The molecule has 2 atom stereocenters. The fourth-order valence-corrected chi connectivity index (χ4v) is 1.36. The van der Waals surface area contributed by atoms with Gasteiger partial charge in [0.2, 0.25) is 0 Å². The third-order valence-electron chi connectivity index (χ3n) is 2.45. The van der Waals surface area contributed by atoms with Crippen molar-refractivity contribution in [1.29, 1.82) is 5.26 Å². The summed E-state index contributed by atoms with van der Waals surface area (Å²) in [5.41, 5.74) is 0. The van der Waals surface area contributed by atoms with Gasteiger partial charge < -0.3 is 4.74 Å². The van der Waals surface area contributed by atoms with E-state index in [9.17, 15) is 0 Å². The van der Waals surface area contributed by atoms with Gasteiger partial charge in [-0.3, -0.25) is 0 Å². The summed E-state index contributed by atoms with van der Waals surface area (Å²) in [7, 11) is 0. The van der Waals surface area contributed by atoms with E-state index in [2.05, 4.69) is 13.0 Å². The third kappa shape index (κ3) is 1.92. The number of nitrogens with zero attached hydrogens (tertiary/aromatic N) is 1. The molecule has 2 heteroatoms. The minimum Gasteiger partial charge on any atom is -0.491 e. The second kappa shape index (κ2) is 3.26. The van der Waals surface area contributed by atoms with Crippen molar-refractivity contribution >= 4 is 0 Å². The van der Waals surface area contributed by atoms with Gasteiger partial charge in [-0.1, -0.05) is 13.0 Å². The highest BCUT2D eigenvalue weighted by Crippen LogP contribution is 2.30. The molecule has 68 valence electrons. The average molecular weight is 175 g/mol. The van der Waals surface area contributed by atoms with E-state index in [1.165, 1.54) is 0 Å². The first-order chi connectivity index (χ1) is 6.29. The van der Waals surface area contributed by atoms with Crippen LogP contribution in [0.1, 0.15) is 19.8 Å². The van der Waals surface area contributed by atoms with Crippen LogP contribution < -0.4 is 0 Å². The highest BCUT2D eigenvalue weighted by molar-refractivity contribution is 5.24. The number of hydrogen-bond donors (Lipinski definition) is 0.